The SMILES string of the molecule is CCCCCCC(O)CCC1C(O)CC2Cc3c(cccc3OCC(=O)O)CC21. The van der Waals surface area contributed by atoms with Gasteiger partial charge in [0, 0.05) is 0 Å². The van der Waals surface area contributed by atoms with Gasteiger partial charge in [-0.05, 0) is 73.5 Å². The molecule has 0 saturated heterocycles. The molecule has 5 heteroatoms. The lowest BCUT2D eigenvalue weighted by molar-refractivity contribution is -0.139. The van der Waals surface area contributed by atoms with Crippen LogP contribution in [-0.4, -0.2) is 40.1 Å². The molecule has 0 bridgehead atoms. The van der Waals surface area contributed by atoms with Crippen LogP contribution in [0.2, 0.25) is 0 Å². The molecule has 1 aromatic rings. The number of aliphatic carboxylic acids is 1. The average Bonchev–Trinajstić information content (AvgIpc) is 3.00. The number of hydrogen-bond acceptors (Lipinski definition) is 4. The van der Waals surface area contributed by atoms with Gasteiger partial charge in [-0.3, -0.25) is 0 Å². The molecule has 0 aromatic heterocycles. The summed E-state index contributed by atoms with van der Waals surface area (Å²) >= 11 is 0. The Kier molecular flexibility index (Phi) is 7.96. The number of carboxylic acids is 1. The highest BCUT2D eigenvalue weighted by atomic mass is 16.5. The molecule has 1 fully saturated rings. The molecule has 1 saturated carbocycles. The van der Waals surface area contributed by atoms with Crippen LogP contribution in [0.3, 0.4) is 0 Å². The zero-order valence-corrected chi connectivity index (χ0v) is 17.6. The maximum absolute atomic E-state index is 10.9. The predicted molar refractivity (Wildman–Crippen MR) is 112 cm³/mol. The fourth-order valence-corrected chi connectivity index (χ4v) is 5.41. The molecule has 3 N–H and O–H groups in total. The molecular weight excluding hydrogens is 368 g/mol. The minimum atomic E-state index is -0.971. The number of benzene rings is 1. The summed E-state index contributed by atoms with van der Waals surface area (Å²) in [5, 5.41) is 30.0. The predicted octanol–water partition coefficient (Wildman–Crippen LogP) is 3.97. The summed E-state index contributed by atoms with van der Waals surface area (Å²) in [6.45, 7) is 1.86. The molecule has 5 unspecified atom stereocenters. The van der Waals surface area contributed by atoms with Gasteiger partial charge in [0.05, 0.1) is 12.2 Å². The first-order valence-corrected chi connectivity index (χ1v) is 11.3. The Morgan fingerprint density at radius 3 is 2.79 bits per heavy atom. The van der Waals surface area contributed by atoms with Gasteiger partial charge in [-0.1, -0.05) is 44.7 Å². The lowest BCUT2D eigenvalue weighted by Gasteiger charge is -2.32. The minimum absolute atomic E-state index is 0.238. The van der Waals surface area contributed by atoms with Gasteiger partial charge in [-0.25, -0.2) is 4.79 Å². The lowest BCUT2D eigenvalue weighted by Crippen LogP contribution is -2.28. The van der Waals surface area contributed by atoms with Crippen molar-refractivity contribution in [1.82, 2.24) is 0 Å². The molecule has 0 amide bonds. The van der Waals surface area contributed by atoms with Gasteiger partial charge in [-0.15, -0.1) is 0 Å². The molecule has 0 spiro atoms. The Balaban J connectivity index is 1.58. The first-order chi connectivity index (χ1) is 14.0. The molecule has 29 heavy (non-hydrogen) atoms. The van der Waals surface area contributed by atoms with E-state index in [1.54, 1.807) is 0 Å². The fourth-order valence-electron chi connectivity index (χ4n) is 5.41. The van der Waals surface area contributed by atoms with Crippen molar-refractivity contribution in [2.75, 3.05) is 6.61 Å². The number of carbonyl (C=O) groups is 1. The molecule has 5 nitrogen and oxygen atoms in total. The van der Waals surface area contributed by atoms with E-state index in [1.165, 1.54) is 24.8 Å². The number of aliphatic hydroxyl groups excluding tert-OH is 2. The normalized spacial score (nSPS) is 26.6. The largest absolute Gasteiger partial charge is 0.482 e. The van der Waals surface area contributed by atoms with E-state index in [-0.39, 0.29) is 24.7 Å². The molecule has 1 aromatic carbocycles. The van der Waals surface area contributed by atoms with Gasteiger partial charge in [0.1, 0.15) is 5.75 Å². The molecule has 0 radical (unpaired) electrons. The molecule has 2 aliphatic carbocycles. The lowest BCUT2D eigenvalue weighted by atomic mass is 9.73. The van der Waals surface area contributed by atoms with E-state index in [0.717, 1.165) is 50.5 Å². The van der Waals surface area contributed by atoms with E-state index >= 15 is 0 Å². The van der Waals surface area contributed by atoms with E-state index in [2.05, 4.69) is 13.0 Å². The van der Waals surface area contributed by atoms with Crippen LogP contribution in [0, 0.1) is 17.8 Å². The number of ether oxygens (including phenoxy) is 1. The van der Waals surface area contributed by atoms with Crippen molar-refractivity contribution < 1.29 is 24.9 Å². The maximum Gasteiger partial charge on any atom is 0.341 e. The third-order valence-corrected chi connectivity index (χ3v) is 6.92. The highest BCUT2D eigenvalue weighted by molar-refractivity contribution is 5.68. The first kappa shape index (κ1) is 22.1. The summed E-state index contributed by atoms with van der Waals surface area (Å²) in [6, 6.07) is 5.88. The zero-order chi connectivity index (χ0) is 20.8. The Hall–Kier alpha value is -1.59. The topological polar surface area (TPSA) is 87.0 Å². The van der Waals surface area contributed by atoms with E-state index in [0.29, 0.717) is 17.6 Å². The van der Waals surface area contributed by atoms with E-state index in [4.69, 9.17) is 9.84 Å². The Bertz CT molecular complexity index is 673. The Morgan fingerprint density at radius 2 is 2.03 bits per heavy atom. The summed E-state index contributed by atoms with van der Waals surface area (Å²) in [5.74, 6) is 0.769. The monoisotopic (exact) mass is 404 g/mol. The van der Waals surface area contributed by atoms with Crippen LogP contribution < -0.4 is 4.74 Å². The van der Waals surface area contributed by atoms with Gasteiger partial charge in [0.25, 0.3) is 0 Å². The summed E-state index contributed by atoms with van der Waals surface area (Å²) in [5.41, 5.74) is 2.33. The molecule has 5 atom stereocenters. The highest BCUT2D eigenvalue weighted by Gasteiger charge is 2.44. The van der Waals surface area contributed by atoms with Crippen molar-refractivity contribution in [2.24, 2.45) is 17.8 Å². The number of fused-ring (bicyclic) bond motifs is 2. The highest BCUT2D eigenvalue weighted by Crippen LogP contribution is 2.48. The molecular formula is C24H36O5. The van der Waals surface area contributed by atoms with E-state index in [9.17, 15) is 15.0 Å². The number of carboxylic acid groups (broad SMARTS) is 1. The van der Waals surface area contributed by atoms with Crippen molar-refractivity contribution >= 4 is 5.97 Å². The van der Waals surface area contributed by atoms with Crippen LogP contribution in [0.15, 0.2) is 18.2 Å². The maximum atomic E-state index is 10.9. The van der Waals surface area contributed by atoms with Gasteiger partial charge in [-0.2, -0.15) is 0 Å². The standard InChI is InChI=1S/C24H36O5/c1-2-3-4-5-8-18(25)10-11-19-20-12-16-7-6-9-23(29-15-24(27)28)21(16)13-17(20)14-22(19)26/h6-7,9,17-20,22,25-26H,2-5,8,10-15H2,1H3,(H,27,28). The molecule has 0 heterocycles. The number of rotatable bonds is 11. The van der Waals surface area contributed by atoms with Gasteiger partial charge < -0.3 is 20.1 Å². The van der Waals surface area contributed by atoms with Gasteiger partial charge >= 0.3 is 5.97 Å². The average molecular weight is 405 g/mol. The minimum Gasteiger partial charge on any atom is -0.482 e. The smallest absolute Gasteiger partial charge is 0.341 e. The second-order valence-corrected chi connectivity index (χ2v) is 8.96. The second-order valence-electron chi connectivity index (χ2n) is 8.96. The quantitative estimate of drug-likeness (QED) is 0.486. The molecule has 3 rings (SSSR count). The van der Waals surface area contributed by atoms with Crippen molar-refractivity contribution in [1.29, 1.82) is 0 Å². The van der Waals surface area contributed by atoms with Gasteiger partial charge in [0.15, 0.2) is 6.61 Å². The third kappa shape index (κ3) is 5.73. The number of hydrogen-bond donors (Lipinski definition) is 3. The Labute approximate surface area is 174 Å². The molecule has 162 valence electrons. The third-order valence-electron chi connectivity index (χ3n) is 6.92. The number of aliphatic hydroxyl groups is 2. The summed E-state index contributed by atoms with van der Waals surface area (Å²) in [7, 11) is 0. The van der Waals surface area contributed by atoms with Crippen LogP contribution in [0.5, 0.6) is 5.75 Å². The van der Waals surface area contributed by atoms with Crippen LogP contribution >= 0.6 is 0 Å². The fraction of sp³-hybridized carbons (Fsp3) is 0.708. The van der Waals surface area contributed by atoms with Crippen LogP contribution in [0.1, 0.15) is 69.4 Å². The van der Waals surface area contributed by atoms with Crippen molar-refractivity contribution in [3.8, 4) is 5.75 Å². The summed E-state index contributed by atoms with van der Waals surface area (Å²) in [6.07, 6.45) is 9.18. The van der Waals surface area contributed by atoms with Crippen molar-refractivity contribution in [2.45, 2.75) is 83.3 Å². The zero-order valence-electron chi connectivity index (χ0n) is 17.6. The first-order valence-electron chi connectivity index (χ1n) is 11.3. The van der Waals surface area contributed by atoms with Crippen LogP contribution in [0.4, 0.5) is 0 Å². The summed E-state index contributed by atoms with van der Waals surface area (Å²) in [4.78, 5) is 10.9. The summed E-state index contributed by atoms with van der Waals surface area (Å²) < 4.78 is 5.51. The van der Waals surface area contributed by atoms with Crippen LogP contribution in [0.25, 0.3) is 0 Å². The molecule has 0 aliphatic heterocycles. The van der Waals surface area contributed by atoms with E-state index < -0.39 is 5.97 Å². The molecule has 2 aliphatic rings. The second kappa shape index (κ2) is 10.4. The van der Waals surface area contributed by atoms with Crippen molar-refractivity contribution in [3.05, 3.63) is 29.3 Å². The van der Waals surface area contributed by atoms with Gasteiger partial charge in [0.2, 0.25) is 0 Å². The van der Waals surface area contributed by atoms with Crippen LogP contribution in [-0.2, 0) is 17.6 Å². The van der Waals surface area contributed by atoms with E-state index in [1.807, 2.05) is 12.1 Å². The number of unbranched alkanes of at least 4 members (excludes halogenated alkanes) is 3. The van der Waals surface area contributed by atoms with Crippen molar-refractivity contribution in [3.63, 3.8) is 0 Å². The Morgan fingerprint density at radius 1 is 1.21 bits per heavy atom.